The summed E-state index contributed by atoms with van der Waals surface area (Å²) in [5, 5.41) is 3.56. The predicted molar refractivity (Wildman–Crippen MR) is 212 cm³/mol. The van der Waals surface area contributed by atoms with E-state index in [9.17, 15) is 14.4 Å². The minimum absolute atomic E-state index is 0.0387. The first-order valence-corrected chi connectivity index (χ1v) is 20.9. The third-order valence-corrected chi connectivity index (χ3v) is 17.0. The van der Waals surface area contributed by atoms with Crippen molar-refractivity contribution in [1.29, 1.82) is 0 Å². The molecule has 1 aromatic carbocycles. The smallest absolute Gasteiger partial charge is 0.302 e. The van der Waals surface area contributed by atoms with E-state index in [-0.39, 0.29) is 75.6 Å². The molecule has 1 aromatic rings. The number of ketones is 1. The van der Waals surface area contributed by atoms with Gasteiger partial charge in [-0.15, -0.1) is 0 Å². The number of hydrogen-bond donors (Lipinski definition) is 2. The molecule has 1 saturated heterocycles. The number of primary amides is 1. The summed E-state index contributed by atoms with van der Waals surface area (Å²) in [5.41, 5.74) is 6.81. The molecule has 5 aliphatic rings. The van der Waals surface area contributed by atoms with Crippen molar-refractivity contribution in [2.45, 2.75) is 132 Å². The van der Waals surface area contributed by atoms with E-state index in [4.69, 9.17) is 19.9 Å². The average Bonchev–Trinajstić information content (AvgIpc) is 3.10. The number of ether oxygens (including phenoxy) is 3. The highest BCUT2D eigenvalue weighted by Crippen LogP contribution is 2.75. The molecule has 8 nitrogen and oxygen atoms in total. The molecule has 4 fully saturated rings. The first kappa shape index (κ1) is 41.1. The van der Waals surface area contributed by atoms with Crippen LogP contribution >= 0.6 is 0 Å². The second-order valence-electron chi connectivity index (χ2n) is 20.2. The fraction of sp³-hybridized carbons (Fsp3) is 0.761. The first-order chi connectivity index (χ1) is 25.2. The number of amides is 1. The second kappa shape index (κ2) is 14.4. The lowest BCUT2D eigenvalue weighted by molar-refractivity contribution is -0.269. The molecule has 300 valence electrons. The van der Waals surface area contributed by atoms with Crippen LogP contribution in [0.3, 0.4) is 0 Å². The summed E-state index contributed by atoms with van der Waals surface area (Å²) < 4.78 is 20.0. The van der Waals surface area contributed by atoms with Crippen molar-refractivity contribution in [3.05, 3.63) is 47.5 Å². The normalized spacial score (nSPS) is 40.4. The summed E-state index contributed by atoms with van der Waals surface area (Å²) in [6, 6.07) is 9.38. The molecule has 12 atom stereocenters. The van der Waals surface area contributed by atoms with E-state index in [1.54, 1.807) is 0 Å². The fourth-order valence-corrected chi connectivity index (χ4v) is 13.0. The van der Waals surface area contributed by atoms with Gasteiger partial charge in [-0.2, -0.15) is 0 Å². The maximum atomic E-state index is 13.7. The Labute approximate surface area is 325 Å². The summed E-state index contributed by atoms with van der Waals surface area (Å²) in [4.78, 5) is 39.7. The monoisotopic (exact) mass is 747 g/mol. The molecule has 54 heavy (non-hydrogen) atoms. The number of nitrogens with two attached hydrogens (primary N) is 1. The van der Waals surface area contributed by atoms with Gasteiger partial charge in [-0.25, -0.2) is 0 Å². The van der Waals surface area contributed by atoms with Crippen LogP contribution < -0.4 is 11.1 Å². The number of carbonyl (C=O) groups is 3. The minimum Gasteiger partial charge on any atom is -0.460 e. The van der Waals surface area contributed by atoms with Gasteiger partial charge in [0.2, 0.25) is 5.91 Å². The molecule has 0 radical (unpaired) electrons. The Morgan fingerprint density at radius 1 is 0.981 bits per heavy atom. The van der Waals surface area contributed by atoms with Crippen molar-refractivity contribution in [2.75, 3.05) is 26.4 Å². The van der Waals surface area contributed by atoms with E-state index in [0.29, 0.717) is 43.6 Å². The van der Waals surface area contributed by atoms with Crippen molar-refractivity contribution in [3.63, 3.8) is 0 Å². The lowest BCUT2D eigenvalue weighted by atomic mass is 9.34. The number of nitrogens with one attached hydrogen (secondary N) is 1. The molecule has 8 heteroatoms. The predicted octanol–water partition coefficient (Wildman–Crippen LogP) is 8.18. The Kier molecular flexibility index (Phi) is 11.0. The van der Waals surface area contributed by atoms with E-state index in [1.807, 2.05) is 30.3 Å². The van der Waals surface area contributed by atoms with Gasteiger partial charge in [-0.3, -0.25) is 14.4 Å². The Morgan fingerprint density at radius 3 is 2.28 bits per heavy atom. The molecular weight excluding hydrogens is 677 g/mol. The van der Waals surface area contributed by atoms with Crippen molar-refractivity contribution < 1.29 is 28.6 Å². The SMILES string of the molecule is CC(=O)O[C@@H]1C[C@@]23COC[C@@](C)([C@@H]2CC[C@H]2C3=CC[C@@]3(C)[C@H](C(N)=O)[C@@](C)([C@H](C)C(C)C)CC[C@]23C)[C@H]1OC[C@@](C)(NCC(=O)c1ccccc1)C(C)C. The number of rotatable bonds is 12. The number of Topliss-reactive ketones (excluding diaryl/α,β-unsaturated/α-hetero) is 1. The van der Waals surface area contributed by atoms with Crippen LogP contribution in [0.15, 0.2) is 42.0 Å². The number of esters is 1. The Balaban J connectivity index is 1.32. The van der Waals surface area contributed by atoms with Gasteiger partial charge < -0.3 is 25.3 Å². The summed E-state index contributed by atoms with van der Waals surface area (Å²) in [7, 11) is 0. The molecule has 6 rings (SSSR count). The first-order valence-electron chi connectivity index (χ1n) is 20.9. The minimum atomic E-state index is -0.506. The number of fused-ring (bicyclic) bond motifs is 3. The Hall–Kier alpha value is -2.55. The number of benzene rings is 1. The maximum absolute atomic E-state index is 13.7. The van der Waals surface area contributed by atoms with Crippen molar-refractivity contribution in [2.24, 2.45) is 68.3 Å². The highest BCUT2D eigenvalue weighted by molar-refractivity contribution is 5.97. The number of allylic oxidation sites excluding steroid dienone is 1. The van der Waals surface area contributed by atoms with Crippen LogP contribution in [0.1, 0.15) is 125 Å². The van der Waals surface area contributed by atoms with Crippen LogP contribution in [0.5, 0.6) is 0 Å². The van der Waals surface area contributed by atoms with Crippen LogP contribution in [0, 0.1) is 62.6 Å². The summed E-state index contributed by atoms with van der Waals surface area (Å²) in [5.74, 6) is 0.890. The quantitative estimate of drug-likeness (QED) is 0.126. The van der Waals surface area contributed by atoms with Crippen LogP contribution in [0.4, 0.5) is 0 Å². The van der Waals surface area contributed by atoms with Crippen LogP contribution in [-0.4, -0.2) is 61.8 Å². The van der Waals surface area contributed by atoms with Gasteiger partial charge in [-0.1, -0.05) is 104 Å². The van der Waals surface area contributed by atoms with Gasteiger partial charge in [0.15, 0.2) is 5.78 Å². The van der Waals surface area contributed by atoms with Crippen molar-refractivity contribution in [1.82, 2.24) is 5.32 Å². The van der Waals surface area contributed by atoms with Gasteiger partial charge in [0.25, 0.3) is 0 Å². The standard InChI is InChI=1S/C46H70N2O6/c1-28(2)30(5)41(7)21-22-43(9)33-17-18-37-42(8)25-52-27-46(37,34(33)19-20-44(43,10)38(41)40(47)51)23-36(54-31(6)49)39(42)53-26-45(11,29(3)4)48-24-35(50)32-15-13-12-14-16-32/h12-16,19,28-30,33,36-39,48H,17-18,20-27H2,1-11H3,(H2,47,51)/t30-,33+,36-,37+,38-,39+,41-,42+,43-,44+,45-,46+/m1/s1. The topological polar surface area (TPSA) is 117 Å². The molecule has 1 amide bonds. The lowest BCUT2D eigenvalue weighted by Gasteiger charge is -2.71. The third kappa shape index (κ3) is 6.33. The zero-order valence-electron chi connectivity index (χ0n) is 35.2. The molecule has 4 aliphatic carbocycles. The second-order valence-corrected chi connectivity index (χ2v) is 20.2. The van der Waals surface area contributed by atoms with E-state index in [0.717, 1.165) is 32.1 Å². The number of carbonyl (C=O) groups excluding carboxylic acids is 3. The highest BCUT2D eigenvalue weighted by atomic mass is 16.6. The fourth-order valence-electron chi connectivity index (χ4n) is 13.0. The zero-order valence-corrected chi connectivity index (χ0v) is 35.2. The van der Waals surface area contributed by atoms with Gasteiger partial charge in [0, 0.05) is 34.8 Å². The molecule has 0 unspecified atom stereocenters. The van der Waals surface area contributed by atoms with Gasteiger partial charge >= 0.3 is 5.97 Å². The van der Waals surface area contributed by atoms with Crippen molar-refractivity contribution >= 4 is 17.7 Å². The van der Waals surface area contributed by atoms with Gasteiger partial charge in [0.1, 0.15) is 12.2 Å². The molecule has 3 saturated carbocycles. The van der Waals surface area contributed by atoms with E-state index < -0.39 is 17.1 Å². The lowest BCUT2D eigenvalue weighted by Crippen LogP contribution is -2.70. The summed E-state index contributed by atoms with van der Waals surface area (Å²) in [6.07, 6.45) is 7.20. The highest BCUT2D eigenvalue weighted by Gasteiger charge is 2.72. The van der Waals surface area contributed by atoms with Crippen molar-refractivity contribution in [3.8, 4) is 0 Å². The van der Waals surface area contributed by atoms with E-state index in [1.165, 1.54) is 12.5 Å². The molecule has 0 aromatic heterocycles. The van der Waals surface area contributed by atoms with E-state index >= 15 is 0 Å². The maximum Gasteiger partial charge on any atom is 0.302 e. The van der Waals surface area contributed by atoms with Gasteiger partial charge in [-0.05, 0) is 91.3 Å². The molecule has 2 bridgehead atoms. The van der Waals surface area contributed by atoms with Crippen LogP contribution in [-0.2, 0) is 23.8 Å². The summed E-state index contributed by atoms with van der Waals surface area (Å²) in [6.45, 7) is 25.9. The van der Waals surface area contributed by atoms with Crippen LogP contribution in [0.2, 0.25) is 0 Å². The zero-order chi connectivity index (χ0) is 39.6. The Bertz CT molecular complexity index is 1630. The average molecular weight is 747 g/mol. The largest absolute Gasteiger partial charge is 0.460 e. The molecule has 0 spiro atoms. The Morgan fingerprint density at radius 2 is 1.67 bits per heavy atom. The third-order valence-electron chi connectivity index (χ3n) is 17.0. The van der Waals surface area contributed by atoms with E-state index in [2.05, 4.69) is 80.6 Å². The van der Waals surface area contributed by atoms with Crippen LogP contribution in [0.25, 0.3) is 0 Å². The number of hydrogen-bond acceptors (Lipinski definition) is 7. The molecule has 3 N–H and O–H groups in total. The molecule has 1 aliphatic heterocycles. The molecule has 1 heterocycles. The molecular formula is C46H70N2O6. The van der Waals surface area contributed by atoms with Gasteiger partial charge in [0.05, 0.1) is 26.4 Å². The summed E-state index contributed by atoms with van der Waals surface area (Å²) >= 11 is 0.